The third-order valence-corrected chi connectivity index (χ3v) is 6.15. The quantitative estimate of drug-likeness (QED) is 0.405. The Hall–Kier alpha value is -3.35. The van der Waals surface area contributed by atoms with Crippen molar-refractivity contribution in [2.75, 3.05) is 13.6 Å². The fourth-order valence-electron chi connectivity index (χ4n) is 4.32. The first kappa shape index (κ1) is 29.9. The highest BCUT2D eigenvalue weighted by atomic mass is 16.6. The number of amides is 3. The van der Waals surface area contributed by atoms with Gasteiger partial charge in [-0.2, -0.15) is 0 Å². The number of hydrogen-bond acceptors (Lipinski definition) is 4. The molecule has 2 rings (SSSR count). The van der Waals surface area contributed by atoms with E-state index in [2.05, 4.69) is 17.6 Å². The first-order chi connectivity index (χ1) is 17.4. The lowest BCUT2D eigenvalue weighted by Crippen LogP contribution is -2.52. The average Bonchev–Trinajstić information content (AvgIpc) is 2.82. The number of carbonyl (C=O) groups is 3. The van der Waals surface area contributed by atoms with Gasteiger partial charge in [0.2, 0.25) is 11.8 Å². The average molecular weight is 510 g/mol. The minimum atomic E-state index is -0.915. The molecule has 0 aliphatic heterocycles. The molecule has 2 aromatic rings. The molecule has 0 fully saturated rings. The van der Waals surface area contributed by atoms with Gasteiger partial charge in [-0.05, 0) is 63.3 Å². The molecular weight excluding hydrogens is 466 g/mol. The van der Waals surface area contributed by atoms with E-state index in [0.29, 0.717) is 6.54 Å². The predicted molar refractivity (Wildman–Crippen MR) is 147 cm³/mol. The summed E-state index contributed by atoms with van der Waals surface area (Å²) in [6, 6.07) is 13.5. The minimum absolute atomic E-state index is 0.236. The highest BCUT2D eigenvalue weighted by Gasteiger charge is 2.35. The molecule has 0 aliphatic rings. The summed E-state index contributed by atoms with van der Waals surface area (Å²) in [6.45, 7) is 11.8. The summed E-state index contributed by atoms with van der Waals surface area (Å²) in [7, 11) is 1.62. The number of ether oxygens (including phenoxy) is 1. The van der Waals surface area contributed by atoms with Crippen LogP contribution in [0.1, 0.15) is 75.3 Å². The number of nitrogens with zero attached hydrogens (tertiary/aromatic N) is 1. The first-order valence-electron chi connectivity index (χ1n) is 13.1. The van der Waals surface area contributed by atoms with Crippen LogP contribution in [0.25, 0.3) is 0 Å². The van der Waals surface area contributed by atoms with E-state index in [9.17, 15) is 14.4 Å². The van der Waals surface area contributed by atoms with Crippen LogP contribution < -0.4 is 10.6 Å². The summed E-state index contributed by atoms with van der Waals surface area (Å²) < 4.78 is 5.44. The number of likely N-dealkylation sites (N-methyl/N-ethyl adjacent to an activating group) is 1. The van der Waals surface area contributed by atoms with Crippen molar-refractivity contribution >= 4 is 17.9 Å². The standard InChI is InChI=1S/C30H43N3O4/c1-8-9-13-19-31-27(34)26(25-21(2)15-14-16-22(25)3)33(7)28(35)24(20-23-17-11-10-12-18-23)32-29(36)37-30(4,5)6/h10-12,14-18,24,26H,8-9,13,19-20H2,1-7H3,(H,31,34)(H,32,36). The molecule has 0 heterocycles. The summed E-state index contributed by atoms with van der Waals surface area (Å²) in [4.78, 5) is 41.6. The van der Waals surface area contributed by atoms with E-state index in [0.717, 1.165) is 41.5 Å². The molecule has 7 nitrogen and oxygen atoms in total. The molecule has 2 N–H and O–H groups in total. The van der Waals surface area contributed by atoms with Crippen LogP contribution in [0.3, 0.4) is 0 Å². The lowest BCUT2D eigenvalue weighted by atomic mass is 9.93. The van der Waals surface area contributed by atoms with E-state index in [1.165, 1.54) is 4.90 Å². The van der Waals surface area contributed by atoms with Crippen LogP contribution in [0.2, 0.25) is 0 Å². The SMILES string of the molecule is CCCCCNC(=O)C(c1c(C)cccc1C)N(C)C(=O)C(Cc1ccccc1)NC(=O)OC(C)(C)C. The zero-order valence-corrected chi connectivity index (χ0v) is 23.4. The number of nitrogens with one attached hydrogen (secondary N) is 2. The summed E-state index contributed by atoms with van der Waals surface area (Å²) in [5.41, 5.74) is 2.82. The number of benzene rings is 2. The number of carbonyl (C=O) groups excluding carboxylic acids is 3. The Morgan fingerprint density at radius 3 is 2.14 bits per heavy atom. The van der Waals surface area contributed by atoms with Crippen LogP contribution >= 0.6 is 0 Å². The molecule has 0 spiro atoms. The van der Waals surface area contributed by atoms with Gasteiger partial charge in [-0.25, -0.2) is 4.79 Å². The minimum Gasteiger partial charge on any atom is -0.444 e. The molecule has 0 radical (unpaired) electrons. The van der Waals surface area contributed by atoms with Gasteiger partial charge in [0, 0.05) is 20.0 Å². The second kappa shape index (κ2) is 13.8. The molecule has 0 aliphatic carbocycles. The molecule has 3 amide bonds. The van der Waals surface area contributed by atoms with Gasteiger partial charge in [0.15, 0.2) is 0 Å². The van der Waals surface area contributed by atoms with Gasteiger partial charge in [0.25, 0.3) is 0 Å². The second-order valence-corrected chi connectivity index (χ2v) is 10.5. The molecule has 2 unspecified atom stereocenters. The molecule has 0 saturated heterocycles. The Kier molecular flexibility index (Phi) is 11.2. The first-order valence-corrected chi connectivity index (χ1v) is 13.1. The van der Waals surface area contributed by atoms with E-state index in [-0.39, 0.29) is 18.2 Å². The number of aryl methyl sites for hydroxylation is 2. The van der Waals surface area contributed by atoms with Gasteiger partial charge in [-0.3, -0.25) is 9.59 Å². The van der Waals surface area contributed by atoms with E-state index in [1.54, 1.807) is 27.8 Å². The fourth-order valence-corrected chi connectivity index (χ4v) is 4.32. The van der Waals surface area contributed by atoms with Crippen molar-refractivity contribution in [1.29, 1.82) is 0 Å². The van der Waals surface area contributed by atoms with Gasteiger partial charge >= 0.3 is 6.09 Å². The molecule has 2 atom stereocenters. The monoisotopic (exact) mass is 509 g/mol. The van der Waals surface area contributed by atoms with Crippen molar-refractivity contribution in [2.45, 2.75) is 84.9 Å². The Bertz CT molecular complexity index is 1030. The molecule has 0 saturated carbocycles. The van der Waals surface area contributed by atoms with Crippen LogP contribution in [-0.2, 0) is 20.7 Å². The van der Waals surface area contributed by atoms with Gasteiger partial charge < -0.3 is 20.3 Å². The van der Waals surface area contributed by atoms with Crippen molar-refractivity contribution in [1.82, 2.24) is 15.5 Å². The topological polar surface area (TPSA) is 87.7 Å². The van der Waals surface area contributed by atoms with E-state index in [1.807, 2.05) is 62.4 Å². The lowest BCUT2D eigenvalue weighted by Gasteiger charge is -2.33. The summed E-state index contributed by atoms with van der Waals surface area (Å²) >= 11 is 0. The Morgan fingerprint density at radius 1 is 0.946 bits per heavy atom. The molecule has 2 aromatic carbocycles. The number of hydrogen-bond donors (Lipinski definition) is 2. The van der Waals surface area contributed by atoms with E-state index in [4.69, 9.17) is 4.74 Å². The van der Waals surface area contributed by atoms with Gasteiger partial charge in [-0.1, -0.05) is 68.3 Å². The Balaban J connectivity index is 2.41. The van der Waals surface area contributed by atoms with Gasteiger partial charge in [0.05, 0.1) is 0 Å². The van der Waals surface area contributed by atoms with Crippen molar-refractivity contribution in [3.8, 4) is 0 Å². The molecule has 37 heavy (non-hydrogen) atoms. The van der Waals surface area contributed by atoms with E-state index < -0.39 is 23.8 Å². The zero-order valence-electron chi connectivity index (χ0n) is 23.4. The van der Waals surface area contributed by atoms with Gasteiger partial charge in [0.1, 0.15) is 17.7 Å². The number of rotatable bonds is 11. The summed E-state index contributed by atoms with van der Waals surface area (Å²) in [5, 5.41) is 5.77. The highest BCUT2D eigenvalue weighted by molar-refractivity contribution is 5.92. The molecule has 202 valence electrons. The fraction of sp³-hybridized carbons (Fsp3) is 0.500. The maximum absolute atomic E-state index is 13.9. The Labute approximate surface area is 222 Å². The van der Waals surface area contributed by atoms with Crippen molar-refractivity contribution < 1.29 is 19.1 Å². The van der Waals surface area contributed by atoms with Crippen LogP contribution in [0.15, 0.2) is 48.5 Å². The third kappa shape index (κ3) is 9.23. The maximum Gasteiger partial charge on any atom is 0.408 e. The predicted octanol–water partition coefficient (Wildman–Crippen LogP) is 5.25. The Morgan fingerprint density at radius 2 is 1.57 bits per heavy atom. The van der Waals surface area contributed by atoms with Crippen LogP contribution in [0, 0.1) is 13.8 Å². The summed E-state index contributed by atoms with van der Waals surface area (Å²) in [5.74, 6) is -0.605. The molecule has 0 aromatic heterocycles. The number of unbranched alkanes of at least 4 members (excludes halogenated alkanes) is 2. The summed E-state index contributed by atoms with van der Waals surface area (Å²) in [6.07, 6.45) is 2.52. The van der Waals surface area contributed by atoms with Gasteiger partial charge in [-0.15, -0.1) is 0 Å². The second-order valence-electron chi connectivity index (χ2n) is 10.5. The van der Waals surface area contributed by atoms with Crippen molar-refractivity contribution in [2.24, 2.45) is 0 Å². The molecular formula is C30H43N3O4. The lowest BCUT2D eigenvalue weighted by molar-refractivity contribution is -0.140. The molecule has 7 heteroatoms. The van der Waals surface area contributed by atoms with Crippen molar-refractivity contribution in [3.05, 3.63) is 70.8 Å². The normalized spacial score (nSPS) is 12.8. The van der Waals surface area contributed by atoms with E-state index >= 15 is 0 Å². The van der Waals surface area contributed by atoms with Crippen LogP contribution in [-0.4, -0.2) is 48.0 Å². The van der Waals surface area contributed by atoms with Crippen molar-refractivity contribution in [3.63, 3.8) is 0 Å². The molecule has 0 bridgehead atoms. The third-order valence-electron chi connectivity index (χ3n) is 6.15. The smallest absolute Gasteiger partial charge is 0.408 e. The van der Waals surface area contributed by atoms with Crippen LogP contribution in [0.5, 0.6) is 0 Å². The maximum atomic E-state index is 13.9. The number of alkyl carbamates (subject to hydrolysis) is 1. The zero-order chi connectivity index (χ0) is 27.6. The highest BCUT2D eigenvalue weighted by Crippen LogP contribution is 2.28. The van der Waals surface area contributed by atoms with Crippen LogP contribution in [0.4, 0.5) is 4.79 Å². The largest absolute Gasteiger partial charge is 0.444 e.